The molecule has 0 radical (unpaired) electrons. The maximum Gasteiger partial charge on any atom is 0.304 e. The van der Waals surface area contributed by atoms with Gasteiger partial charge in [-0.15, -0.1) is 0 Å². The van der Waals surface area contributed by atoms with Gasteiger partial charge in [-0.3, -0.25) is 4.79 Å². The quantitative estimate of drug-likeness (QED) is 0.848. The number of imidazole rings is 1. The van der Waals surface area contributed by atoms with Gasteiger partial charge in [-0.05, 0) is 38.3 Å². The van der Waals surface area contributed by atoms with E-state index in [4.69, 9.17) is 4.74 Å². The average molecular weight is 378 g/mol. The van der Waals surface area contributed by atoms with Gasteiger partial charge in [0, 0.05) is 25.5 Å². The number of carboxylic acids is 1. The summed E-state index contributed by atoms with van der Waals surface area (Å²) in [7, 11) is 1.59. The van der Waals surface area contributed by atoms with Crippen molar-refractivity contribution in [1.29, 1.82) is 0 Å². The molecule has 3 rings (SSSR count). The summed E-state index contributed by atoms with van der Waals surface area (Å²) in [4.78, 5) is 15.8. The Hall–Kier alpha value is -2.28. The van der Waals surface area contributed by atoms with E-state index in [0.717, 1.165) is 11.8 Å². The minimum absolute atomic E-state index is 0.0534. The van der Waals surface area contributed by atoms with Crippen molar-refractivity contribution in [1.82, 2.24) is 9.55 Å². The maximum absolute atomic E-state index is 14.4. The molecule has 2 aromatic rings. The number of aromatic nitrogens is 2. The normalized spacial score (nSPS) is 20.2. The van der Waals surface area contributed by atoms with Gasteiger partial charge in [0.25, 0.3) is 0 Å². The van der Waals surface area contributed by atoms with Crippen molar-refractivity contribution in [2.24, 2.45) is 0 Å². The average Bonchev–Trinajstić information content (AvgIpc) is 2.96. The Labute approximate surface area is 157 Å². The van der Waals surface area contributed by atoms with Crippen LogP contribution in [0.5, 0.6) is 0 Å². The lowest BCUT2D eigenvalue weighted by Gasteiger charge is -2.26. The highest BCUT2D eigenvalue weighted by atomic mass is 19.2. The van der Waals surface area contributed by atoms with Crippen LogP contribution in [0.2, 0.25) is 0 Å². The van der Waals surface area contributed by atoms with Gasteiger partial charge in [-0.2, -0.15) is 0 Å². The molecule has 27 heavy (non-hydrogen) atoms. The Morgan fingerprint density at radius 2 is 2.11 bits per heavy atom. The number of methoxy groups -OCH3 is 1. The van der Waals surface area contributed by atoms with Crippen molar-refractivity contribution >= 4 is 5.97 Å². The molecule has 1 N–H and O–H groups in total. The Morgan fingerprint density at radius 1 is 1.37 bits per heavy atom. The lowest BCUT2D eigenvalue weighted by Crippen LogP contribution is -2.26. The van der Waals surface area contributed by atoms with E-state index < -0.39 is 23.2 Å². The molecule has 2 atom stereocenters. The highest BCUT2D eigenvalue weighted by Crippen LogP contribution is 2.39. The number of ether oxygens (including phenoxy) is 1. The highest BCUT2D eigenvalue weighted by molar-refractivity contribution is 5.67. The third-order valence-corrected chi connectivity index (χ3v) is 5.49. The van der Waals surface area contributed by atoms with Crippen LogP contribution >= 0.6 is 0 Å². The summed E-state index contributed by atoms with van der Waals surface area (Å²) in [6.45, 7) is 4.19. The van der Waals surface area contributed by atoms with Gasteiger partial charge in [0.05, 0.1) is 18.3 Å². The van der Waals surface area contributed by atoms with Crippen LogP contribution < -0.4 is 0 Å². The number of fused-ring (bicyclic) bond motifs is 1. The molecule has 1 aromatic carbocycles. The van der Waals surface area contributed by atoms with Crippen molar-refractivity contribution in [3.63, 3.8) is 0 Å². The van der Waals surface area contributed by atoms with E-state index in [-0.39, 0.29) is 18.3 Å². The Balaban J connectivity index is 2.07. The molecule has 2 heterocycles. The van der Waals surface area contributed by atoms with Gasteiger partial charge >= 0.3 is 5.97 Å². The van der Waals surface area contributed by atoms with Crippen molar-refractivity contribution in [3.8, 4) is 0 Å². The van der Waals surface area contributed by atoms with Crippen LogP contribution in [0.3, 0.4) is 0 Å². The summed E-state index contributed by atoms with van der Waals surface area (Å²) < 4.78 is 35.7. The third-order valence-electron chi connectivity index (χ3n) is 5.49. The van der Waals surface area contributed by atoms with Crippen molar-refractivity contribution < 1.29 is 23.4 Å². The zero-order valence-corrected chi connectivity index (χ0v) is 15.7. The first-order chi connectivity index (χ1) is 12.7. The molecule has 0 aliphatic carbocycles. The maximum atomic E-state index is 14.4. The standard InChI is InChI=1S/C20H24F2N2O3/c1-20(2,27-3)16-10-23-19-12(9-17(25)26)7-8-13(11-24(16)19)14-5-4-6-15(21)18(14)22/h4-6,10,12-13H,7-9,11H2,1-3H3,(H,25,26)/t12-,13+/m1/s1. The Kier molecular flexibility index (Phi) is 5.33. The van der Waals surface area contributed by atoms with Gasteiger partial charge in [0.1, 0.15) is 11.4 Å². The molecule has 0 saturated carbocycles. The number of hydrogen-bond donors (Lipinski definition) is 1. The summed E-state index contributed by atoms with van der Waals surface area (Å²) in [5.74, 6) is -2.52. The molecule has 1 aliphatic rings. The third kappa shape index (κ3) is 3.74. The zero-order chi connectivity index (χ0) is 19.8. The largest absolute Gasteiger partial charge is 0.481 e. The summed E-state index contributed by atoms with van der Waals surface area (Å²) in [6, 6.07) is 4.20. The number of nitrogens with zero attached hydrogens (tertiary/aromatic N) is 2. The van der Waals surface area contributed by atoms with Gasteiger partial charge in [0.2, 0.25) is 0 Å². The van der Waals surface area contributed by atoms with E-state index in [1.165, 1.54) is 6.07 Å². The smallest absolute Gasteiger partial charge is 0.304 e. The molecule has 146 valence electrons. The van der Waals surface area contributed by atoms with Gasteiger partial charge in [-0.25, -0.2) is 13.8 Å². The van der Waals surface area contributed by atoms with E-state index in [0.29, 0.717) is 30.8 Å². The van der Waals surface area contributed by atoms with Gasteiger partial charge in [0.15, 0.2) is 11.6 Å². The predicted molar refractivity (Wildman–Crippen MR) is 95.6 cm³/mol. The van der Waals surface area contributed by atoms with Crippen LogP contribution in [-0.4, -0.2) is 27.7 Å². The lowest BCUT2D eigenvalue weighted by atomic mass is 9.90. The molecule has 0 amide bonds. The number of halogens is 2. The van der Waals surface area contributed by atoms with Gasteiger partial charge in [-0.1, -0.05) is 12.1 Å². The van der Waals surface area contributed by atoms with Crippen LogP contribution in [0.4, 0.5) is 8.78 Å². The highest BCUT2D eigenvalue weighted by Gasteiger charge is 2.34. The summed E-state index contributed by atoms with van der Waals surface area (Å²) >= 11 is 0. The Bertz CT molecular complexity index is 848. The summed E-state index contributed by atoms with van der Waals surface area (Å²) in [6.07, 6.45) is 2.73. The molecule has 0 spiro atoms. The van der Waals surface area contributed by atoms with Crippen LogP contribution in [0.1, 0.15) is 62.0 Å². The number of aliphatic carboxylic acids is 1. The van der Waals surface area contributed by atoms with Crippen molar-refractivity contribution in [2.45, 2.75) is 57.1 Å². The van der Waals surface area contributed by atoms with Gasteiger partial charge < -0.3 is 14.4 Å². The molecular formula is C20H24F2N2O3. The first-order valence-electron chi connectivity index (χ1n) is 9.01. The number of rotatable bonds is 5. The fraction of sp³-hybridized carbons (Fsp3) is 0.500. The molecule has 0 unspecified atom stereocenters. The topological polar surface area (TPSA) is 64.4 Å². The zero-order valence-electron chi connectivity index (χ0n) is 15.7. The van der Waals surface area contributed by atoms with E-state index in [1.807, 2.05) is 18.4 Å². The van der Waals surface area contributed by atoms with Crippen molar-refractivity contribution in [3.05, 3.63) is 53.1 Å². The fourth-order valence-corrected chi connectivity index (χ4v) is 3.83. The summed E-state index contributed by atoms with van der Waals surface area (Å²) in [5, 5.41) is 9.29. The first kappa shape index (κ1) is 19.5. The second-order valence-corrected chi connectivity index (χ2v) is 7.54. The van der Waals surface area contributed by atoms with E-state index >= 15 is 0 Å². The summed E-state index contributed by atoms with van der Waals surface area (Å²) in [5.41, 5.74) is 0.458. The fourth-order valence-electron chi connectivity index (χ4n) is 3.83. The van der Waals surface area contributed by atoms with Crippen LogP contribution in [0, 0.1) is 11.6 Å². The SMILES string of the molecule is COC(C)(C)c1cnc2n1C[C@@H](c1cccc(F)c1F)CC[C@@H]2CC(=O)O. The number of hydrogen-bond acceptors (Lipinski definition) is 3. The van der Waals surface area contributed by atoms with Crippen molar-refractivity contribution in [2.75, 3.05) is 7.11 Å². The van der Waals surface area contributed by atoms with Crippen LogP contribution in [-0.2, 0) is 21.7 Å². The van der Waals surface area contributed by atoms with E-state index in [9.17, 15) is 18.7 Å². The van der Waals surface area contributed by atoms with Crippen LogP contribution in [0.15, 0.2) is 24.4 Å². The number of carbonyl (C=O) groups is 1. The number of carboxylic acid groups (broad SMARTS) is 1. The molecular weight excluding hydrogens is 354 g/mol. The second-order valence-electron chi connectivity index (χ2n) is 7.54. The molecule has 1 aliphatic heterocycles. The minimum Gasteiger partial charge on any atom is -0.481 e. The number of benzene rings is 1. The molecule has 0 bridgehead atoms. The molecule has 0 fully saturated rings. The molecule has 1 aromatic heterocycles. The predicted octanol–water partition coefficient (Wildman–Crippen LogP) is 4.18. The second kappa shape index (κ2) is 7.38. The lowest BCUT2D eigenvalue weighted by molar-refractivity contribution is -0.137. The van der Waals surface area contributed by atoms with E-state index in [1.54, 1.807) is 19.4 Å². The molecule has 0 saturated heterocycles. The molecule has 7 heteroatoms. The van der Waals surface area contributed by atoms with Crippen LogP contribution in [0.25, 0.3) is 0 Å². The minimum atomic E-state index is -0.905. The first-order valence-corrected chi connectivity index (χ1v) is 9.01. The monoisotopic (exact) mass is 378 g/mol. The molecule has 5 nitrogen and oxygen atoms in total. The van der Waals surface area contributed by atoms with E-state index in [2.05, 4.69) is 4.98 Å². The Morgan fingerprint density at radius 3 is 2.78 bits per heavy atom.